The van der Waals surface area contributed by atoms with Crippen molar-refractivity contribution in [3.63, 3.8) is 0 Å². The molecule has 1 aromatic carbocycles. The van der Waals surface area contributed by atoms with E-state index in [1.54, 1.807) is 35.5 Å². The average molecular weight is 367 g/mol. The molecule has 3 rings (SSSR count). The number of nitrogens with zero attached hydrogens (tertiary/aromatic N) is 4. The second-order valence-electron chi connectivity index (χ2n) is 5.30. The molecular weight excluding hydrogens is 351 g/mol. The minimum absolute atomic E-state index is 0.102. The smallest absolute Gasteiger partial charge is 0.254 e. The topological polar surface area (TPSA) is 58.6 Å². The Morgan fingerprint density at radius 1 is 1.08 bits per heavy atom. The number of hydrogen-bond donors (Lipinski definition) is 0. The Hall–Kier alpha value is -2.05. The Bertz CT molecular complexity index is 711. The summed E-state index contributed by atoms with van der Waals surface area (Å²) in [6.45, 7) is 2.51. The molecule has 0 bridgehead atoms. The second kappa shape index (κ2) is 7.23. The molecule has 1 aliphatic heterocycles. The largest absolute Gasteiger partial charge is 0.494 e. The van der Waals surface area contributed by atoms with E-state index < -0.39 is 0 Å². The molecule has 2 heterocycles. The molecule has 24 heavy (non-hydrogen) atoms. The van der Waals surface area contributed by atoms with E-state index in [4.69, 9.17) is 27.9 Å². The fourth-order valence-corrected chi connectivity index (χ4v) is 3.27. The van der Waals surface area contributed by atoms with Crippen molar-refractivity contribution >= 4 is 35.1 Å². The first kappa shape index (κ1) is 16.8. The third-order valence-corrected chi connectivity index (χ3v) is 4.41. The molecule has 0 atom stereocenters. The maximum Gasteiger partial charge on any atom is 0.254 e. The predicted octanol–water partition coefficient (Wildman–Crippen LogP) is 2.75. The minimum atomic E-state index is -0.102. The van der Waals surface area contributed by atoms with Crippen LogP contribution in [0, 0.1) is 0 Å². The van der Waals surface area contributed by atoms with Crippen LogP contribution in [0.1, 0.15) is 10.4 Å². The first-order chi connectivity index (χ1) is 11.6. The van der Waals surface area contributed by atoms with Crippen LogP contribution < -0.4 is 9.64 Å². The number of hydrogen-bond acceptors (Lipinski definition) is 5. The van der Waals surface area contributed by atoms with E-state index in [0.717, 1.165) is 0 Å². The van der Waals surface area contributed by atoms with Gasteiger partial charge in [0.25, 0.3) is 5.91 Å². The fourth-order valence-electron chi connectivity index (χ4n) is 2.63. The van der Waals surface area contributed by atoms with Crippen molar-refractivity contribution in [2.45, 2.75) is 0 Å². The van der Waals surface area contributed by atoms with E-state index in [-0.39, 0.29) is 5.91 Å². The molecule has 6 nitrogen and oxygen atoms in total. The number of methoxy groups -OCH3 is 1. The van der Waals surface area contributed by atoms with Gasteiger partial charge in [0.05, 0.1) is 17.2 Å². The highest BCUT2D eigenvalue weighted by Crippen LogP contribution is 2.34. The molecule has 0 radical (unpaired) electrons. The zero-order valence-electron chi connectivity index (χ0n) is 13.1. The maximum atomic E-state index is 12.7. The third-order valence-electron chi connectivity index (χ3n) is 3.85. The molecule has 0 unspecified atom stereocenters. The number of carbonyl (C=O) groups is 1. The molecule has 0 aliphatic carbocycles. The molecule has 2 aromatic rings. The van der Waals surface area contributed by atoms with Gasteiger partial charge in [-0.25, -0.2) is 9.97 Å². The van der Waals surface area contributed by atoms with Gasteiger partial charge < -0.3 is 14.5 Å². The molecule has 1 aliphatic rings. The number of benzene rings is 1. The van der Waals surface area contributed by atoms with Gasteiger partial charge in [-0.15, -0.1) is 0 Å². The van der Waals surface area contributed by atoms with Gasteiger partial charge in [0.15, 0.2) is 5.75 Å². The van der Waals surface area contributed by atoms with Crippen LogP contribution in [-0.4, -0.2) is 54.1 Å². The number of anilines is 1. The van der Waals surface area contributed by atoms with E-state index in [0.29, 0.717) is 53.5 Å². The van der Waals surface area contributed by atoms with Crippen LogP contribution in [0.15, 0.2) is 30.6 Å². The van der Waals surface area contributed by atoms with Crippen LogP contribution in [0.25, 0.3) is 0 Å². The Morgan fingerprint density at radius 3 is 2.21 bits per heavy atom. The van der Waals surface area contributed by atoms with Gasteiger partial charge in [-0.2, -0.15) is 0 Å². The SMILES string of the molecule is COc1c(Cl)cc(C(=O)N2CCN(c3ncccn3)CC2)cc1Cl. The van der Waals surface area contributed by atoms with Gasteiger partial charge in [-0.3, -0.25) is 4.79 Å². The van der Waals surface area contributed by atoms with Crippen molar-refractivity contribution in [3.05, 3.63) is 46.2 Å². The second-order valence-corrected chi connectivity index (χ2v) is 6.12. The first-order valence-electron chi connectivity index (χ1n) is 7.44. The fraction of sp³-hybridized carbons (Fsp3) is 0.312. The molecule has 0 saturated carbocycles. The van der Waals surface area contributed by atoms with Gasteiger partial charge in [0.1, 0.15) is 0 Å². The number of aromatic nitrogens is 2. The molecular formula is C16H16Cl2N4O2. The molecule has 8 heteroatoms. The van der Waals surface area contributed by atoms with Crippen LogP contribution in [0.5, 0.6) is 5.75 Å². The van der Waals surface area contributed by atoms with Crippen molar-refractivity contribution < 1.29 is 9.53 Å². The molecule has 1 fully saturated rings. The number of amides is 1. The summed E-state index contributed by atoms with van der Waals surface area (Å²) in [7, 11) is 1.49. The van der Waals surface area contributed by atoms with Crippen molar-refractivity contribution in [2.24, 2.45) is 0 Å². The van der Waals surface area contributed by atoms with E-state index in [2.05, 4.69) is 14.9 Å². The van der Waals surface area contributed by atoms with Crippen LogP contribution in [-0.2, 0) is 0 Å². The summed E-state index contributed by atoms with van der Waals surface area (Å²) >= 11 is 12.2. The summed E-state index contributed by atoms with van der Waals surface area (Å²) in [5, 5.41) is 0.648. The highest BCUT2D eigenvalue weighted by atomic mass is 35.5. The Balaban J connectivity index is 1.69. The standard InChI is InChI=1S/C16H16Cl2N4O2/c1-24-14-12(17)9-11(10-13(14)18)15(23)21-5-7-22(8-6-21)16-19-3-2-4-20-16/h2-4,9-10H,5-8H2,1H3. The zero-order chi connectivity index (χ0) is 17.1. The normalized spacial score (nSPS) is 14.6. The summed E-state index contributed by atoms with van der Waals surface area (Å²) < 4.78 is 5.11. The molecule has 126 valence electrons. The number of rotatable bonds is 3. The van der Waals surface area contributed by atoms with Crippen LogP contribution in [0.3, 0.4) is 0 Å². The van der Waals surface area contributed by atoms with Crippen molar-refractivity contribution in [3.8, 4) is 5.75 Å². The van der Waals surface area contributed by atoms with Crippen LogP contribution in [0.2, 0.25) is 10.0 Å². The lowest BCUT2D eigenvalue weighted by atomic mass is 10.1. The summed E-state index contributed by atoms with van der Waals surface area (Å²) in [4.78, 5) is 25.0. The lowest BCUT2D eigenvalue weighted by Crippen LogP contribution is -2.49. The summed E-state index contributed by atoms with van der Waals surface area (Å²) in [5.74, 6) is 0.955. The summed E-state index contributed by atoms with van der Waals surface area (Å²) in [6.07, 6.45) is 3.42. The highest BCUT2D eigenvalue weighted by molar-refractivity contribution is 6.37. The monoisotopic (exact) mass is 366 g/mol. The average Bonchev–Trinajstić information content (AvgIpc) is 2.62. The van der Waals surface area contributed by atoms with Gasteiger partial charge >= 0.3 is 0 Å². The number of carbonyl (C=O) groups excluding carboxylic acids is 1. The number of halogens is 2. The number of ether oxygens (including phenoxy) is 1. The molecule has 0 N–H and O–H groups in total. The molecule has 1 amide bonds. The lowest BCUT2D eigenvalue weighted by Gasteiger charge is -2.34. The molecule has 0 spiro atoms. The lowest BCUT2D eigenvalue weighted by molar-refractivity contribution is 0.0746. The summed E-state index contributed by atoms with van der Waals surface area (Å²) in [5.41, 5.74) is 0.454. The Morgan fingerprint density at radius 2 is 1.67 bits per heavy atom. The quantitative estimate of drug-likeness (QED) is 0.835. The van der Waals surface area contributed by atoms with E-state index in [1.807, 2.05) is 0 Å². The zero-order valence-corrected chi connectivity index (χ0v) is 14.6. The van der Waals surface area contributed by atoms with E-state index in [9.17, 15) is 4.79 Å². The summed E-state index contributed by atoms with van der Waals surface area (Å²) in [6, 6.07) is 4.95. The van der Waals surface area contributed by atoms with Gasteiger partial charge in [-0.05, 0) is 18.2 Å². The number of piperazine rings is 1. The van der Waals surface area contributed by atoms with Crippen molar-refractivity contribution in [1.29, 1.82) is 0 Å². The predicted molar refractivity (Wildman–Crippen MR) is 93.2 cm³/mol. The van der Waals surface area contributed by atoms with Crippen molar-refractivity contribution in [2.75, 3.05) is 38.2 Å². The first-order valence-corrected chi connectivity index (χ1v) is 8.20. The Kier molecular flexibility index (Phi) is 5.06. The maximum absolute atomic E-state index is 12.7. The van der Waals surface area contributed by atoms with Gasteiger partial charge in [0.2, 0.25) is 5.95 Å². The molecule has 1 aromatic heterocycles. The van der Waals surface area contributed by atoms with E-state index >= 15 is 0 Å². The minimum Gasteiger partial charge on any atom is -0.494 e. The van der Waals surface area contributed by atoms with Gasteiger partial charge in [0, 0.05) is 44.1 Å². The van der Waals surface area contributed by atoms with Crippen LogP contribution in [0.4, 0.5) is 5.95 Å². The molecule has 1 saturated heterocycles. The van der Waals surface area contributed by atoms with E-state index in [1.165, 1.54) is 7.11 Å². The van der Waals surface area contributed by atoms with Gasteiger partial charge in [-0.1, -0.05) is 23.2 Å². The third kappa shape index (κ3) is 3.39. The Labute approximate surface area is 150 Å². The highest BCUT2D eigenvalue weighted by Gasteiger charge is 2.24. The van der Waals surface area contributed by atoms with Crippen LogP contribution >= 0.6 is 23.2 Å². The van der Waals surface area contributed by atoms with Crippen molar-refractivity contribution in [1.82, 2.24) is 14.9 Å².